The number of nitrogen functional groups attached to an aromatic ring is 1. The normalized spacial score (nSPS) is 11.8. The van der Waals surface area contributed by atoms with Gasteiger partial charge in [-0.15, -0.1) is 11.3 Å². The number of benzene rings is 1. The van der Waals surface area contributed by atoms with Gasteiger partial charge in [-0.05, 0) is 44.2 Å². The molecule has 0 fully saturated rings. The van der Waals surface area contributed by atoms with Gasteiger partial charge in [-0.1, -0.05) is 0 Å². The second kappa shape index (κ2) is 5.11. The molecule has 0 aliphatic rings. The Bertz CT molecular complexity index is 595. The first-order valence-electron chi connectivity index (χ1n) is 5.72. The lowest BCUT2D eigenvalue weighted by atomic mass is 10.1. The molecule has 0 radical (unpaired) electrons. The molecular weight excluding hydrogens is 242 g/mol. The molecule has 18 heavy (non-hydrogen) atoms. The third kappa shape index (κ3) is 2.63. The second-order valence-corrected chi connectivity index (χ2v) is 5.55. The first-order chi connectivity index (χ1) is 8.60. The van der Waals surface area contributed by atoms with E-state index in [4.69, 9.17) is 11.0 Å². The molecule has 2 aromatic rings. The fourth-order valence-corrected chi connectivity index (χ4v) is 2.63. The maximum absolute atomic E-state index is 8.94. The number of nitrogens with two attached hydrogens (primary N) is 1. The van der Waals surface area contributed by atoms with Gasteiger partial charge in [0.15, 0.2) is 0 Å². The molecule has 3 nitrogen and oxygen atoms in total. The van der Waals surface area contributed by atoms with E-state index in [1.54, 1.807) is 23.5 Å². The van der Waals surface area contributed by atoms with Gasteiger partial charge in [-0.2, -0.15) is 5.26 Å². The maximum Gasteiger partial charge on any atom is 0.101 e. The van der Waals surface area contributed by atoms with E-state index in [1.807, 2.05) is 6.07 Å². The van der Waals surface area contributed by atoms with Crippen LogP contribution in [0.3, 0.4) is 0 Å². The van der Waals surface area contributed by atoms with E-state index in [0.29, 0.717) is 11.3 Å². The van der Waals surface area contributed by atoms with Crippen molar-refractivity contribution in [2.75, 3.05) is 11.1 Å². The van der Waals surface area contributed by atoms with Crippen molar-refractivity contribution in [3.8, 4) is 6.07 Å². The molecule has 1 aromatic heterocycles. The van der Waals surface area contributed by atoms with Gasteiger partial charge in [0.2, 0.25) is 0 Å². The minimum Gasteiger partial charge on any atom is -0.398 e. The molecular formula is C14H15N3S. The van der Waals surface area contributed by atoms with Crippen molar-refractivity contribution in [1.82, 2.24) is 0 Å². The average molecular weight is 257 g/mol. The zero-order valence-electron chi connectivity index (χ0n) is 10.4. The lowest BCUT2D eigenvalue weighted by Crippen LogP contribution is -2.05. The smallest absolute Gasteiger partial charge is 0.101 e. The largest absolute Gasteiger partial charge is 0.398 e. The van der Waals surface area contributed by atoms with Crippen LogP contribution in [-0.4, -0.2) is 0 Å². The average Bonchev–Trinajstić information content (AvgIpc) is 2.78. The zero-order chi connectivity index (χ0) is 13.1. The summed E-state index contributed by atoms with van der Waals surface area (Å²) in [5.74, 6) is 0. The van der Waals surface area contributed by atoms with Gasteiger partial charge < -0.3 is 11.1 Å². The summed E-state index contributed by atoms with van der Waals surface area (Å²) in [7, 11) is 0. The van der Waals surface area contributed by atoms with Gasteiger partial charge in [-0.25, -0.2) is 0 Å². The van der Waals surface area contributed by atoms with E-state index in [9.17, 15) is 0 Å². The molecule has 1 atom stereocenters. The van der Waals surface area contributed by atoms with Crippen LogP contribution < -0.4 is 11.1 Å². The Hall–Kier alpha value is -1.99. The highest BCUT2D eigenvalue weighted by Crippen LogP contribution is 2.26. The Kier molecular flexibility index (Phi) is 3.54. The Balaban J connectivity index is 2.17. The Morgan fingerprint density at radius 1 is 1.33 bits per heavy atom. The summed E-state index contributed by atoms with van der Waals surface area (Å²) in [6.45, 7) is 4.20. The quantitative estimate of drug-likeness (QED) is 0.824. The van der Waals surface area contributed by atoms with E-state index < -0.39 is 0 Å². The molecule has 92 valence electrons. The van der Waals surface area contributed by atoms with E-state index in [0.717, 1.165) is 5.69 Å². The van der Waals surface area contributed by atoms with Gasteiger partial charge >= 0.3 is 0 Å². The fourth-order valence-electron chi connectivity index (χ4n) is 1.75. The SMILES string of the molecule is Cc1ccc(C(C)Nc2ccc(N)c(C#N)c2)s1. The van der Waals surface area contributed by atoms with Crippen molar-refractivity contribution < 1.29 is 0 Å². The molecule has 1 unspecified atom stereocenters. The summed E-state index contributed by atoms with van der Waals surface area (Å²) in [5.41, 5.74) is 7.64. The first kappa shape index (κ1) is 12.5. The predicted molar refractivity (Wildman–Crippen MR) is 76.7 cm³/mol. The number of hydrogen-bond acceptors (Lipinski definition) is 4. The fraction of sp³-hybridized carbons (Fsp3) is 0.214. The molecule has 2 rings (SSSR count). The molecule has 0 amide bonds. The number of aryl methyl sites for hydroxylation is 1. The molecule has 1 heterocycles. The summed E-state index contributed by atoms with van der Waals surface area (Å²) in [4.78, 5) is 2.58. The summed E-state index contributed by atoms with van der Waals surface area (Å²) in [6, 6.07) is 12.0. The maximum atomic E-state index is 8.94. The van der Waals surface area contributed by atoms with Crippen LogP contribution in [0, 0.1) is 18.3 Å². The molecule has 0 aliphatic heterocycles. The lowest BCUT2D eigenvalue weighted by molar-refractivity contribution is 0.908. The third-order valence-electron chi connectivity index (χ3n) is 2.74. The minimum absolute atomic E-state index is 0.221. The van der Waals surface area contributed by atoms with Crippen LogP contribution in [0.25, 0.3) is 0 Å². The molecule has 0 saturated heterocycles. The number of nitrogens with zero attached hydrogens (tertiary/aromatic N) is 1. The number of rotatable bonds is 3. The third-order valence-corrected chi connectivity index (χ3v) is 3.93. The highest BCUT2D eigenvalue weighted by molar-refractivity contribution is 7.12. The van der Waals surface area contributed by atoms with Crippen molar-refractivity contribution in [3.05, 3.63) is 45.6 Å². The van der Waals surface area contributed by atoms with Crippen LogP contribution in [0.1, 0.15) is 28.3 Å². The van der Waals surface area contributed by atoms with Crippen LogP contribution in [0.15, 0.2) is 30.3 Å². The van der Waals surface area contributed by atoms with Crippen LogP contribution in [0.5, 0.6) is 0 Å². The van der Waals surface area contributed by atoms with Gasteiger partial charge in [-0.3, -0.25) is 0 Å². The molecule has 0 spiro atoms. The predicted octanol–water partition coefficient (Wildman–Crippen LogP) is 3.68. The monoisotopic (exact) mass is 257 g/mol. The second-order valence-electron chi connectivity index (χ2n) is 4.23. The lowest BCUT2D eigenvalue weighted by Gasteiger charge is -2.14. The van der Waals surface area contributed by atoms with E-state index in [1.165, 1.54) is 9.75 Å². The molecule has 4 heteroatoms. The van der Waals surface area contributed by atoms with Crippen molar-refractivity contribution in [1.29, 1.82) is 5.26 Å². The Labute approximate surface area is 111 Å². The molecule has 0 saturated carbocycles. The summed E-state index contributed by atoms with van der Waals surface area (Å²) in [5, 5.41) is 12.3. The van der Waals surface area contributed by atoms with Crippen LogP contribution in [0.4, 0.5) is 11.4 Å². The number of thiophene rings is 1. The highest BCUT2D eigenvalue weighted by atomic mass is 32.1. The van der Waals surface area contributed by atoms with Crippen molar-refractivity contribution in [3.63, 3.8) is 0 Å². The van der Waals surface area contributed by atoms with Crippen LogP contribution >= 0.6 is 11.3 Å². The summed E-state index contributed by atoms with van der Waals surface area (Å²) in [6.07, 6.45) is 0. The number of anilines is 2. The molecule has 3 N–H and O–H groups in total. The van der Waals surface area contributed by atoms with Gasteiger partial charge in [0.1, 0.15) is 6.07 Å². The van der Waals surface area contributed by atoms with Crippen LogP contribution in [-0.2, 0) is 0 Å². The van der Waals surface area contributed by atoms with Crippen LogP contribution in [0.2, 0.25) is 0 Å². The van der Waals surface area contributed by atoms with E-state index >= 15 is 0 Å². The van der Waals surface area contributed by atoms with Gasteiger partial charge in [0.05, 0.1) is 11.6 Å². The van der Waals surface area contributed by atoms with Crippen molar-refractivity contribution in [2.45, 2.75) is 19.9 Å². The van der Waals surface area contributed by atoms with Gasteiger partial charge in [0.25, 0.3) is 0 Å². The van der Waals surface area contributed by atoms with E-state index in [-0.39, 0.29) is 6.04 Å². The summed E-state index contributed by atoms with van der Waals surface area (Å²) >= 11 is 1.78. The molecule has 1 aromatic carbocycles. The highest BCUT2D eigenvalue weighted by Gasteiger charge is 2.08. The minimum atomic E-state index is 0.221. The molecule has 0 aliphatic carbocycles. The first-order valence-corrected chi connectivity index (χ1v) is 6.54. The Morgan fingerprint density at radius 2 is 2.11 bits per heavy atom. The Morgan fingerprint density at radius 3 is 2.72 bits per heavy atom. The molecule has 0 bridgehead atoms. The zero-order valence-corrected chi connectivity index (χ0v) is 11.2. The number of hydrogen-bond donors (Lipinski definition) is 2. The number of nitriles is 1. The summed E-state index contributed by atoms with van der Waals surface area (Å²) < 4.78 is 0. The standard InChI is InChI=1S/C14H15N3S/c1-9-3-6-14(18-9)10(2)17-12-4-5-13(16)11(7-12)8-15/h3-7,10,17H,16H2,1-2H3. The van der Waals surface area contributed by atoms with Crippen molar-refractivity contribution >= 4 is 22.7 Å². The topological polar surface area (TPSA) is 61.8 Å². The van der Waals surface area contributed by atoms with Gasteiger partial charge in [0, 0.05) is 21.1 Å². The van der Waals surface area contributed by atoms with E-state index in [2.05, 4.69) is 37.4 Å². The van der Waals surface area contributed by atoms with Crippen molar-refractivity contribution in [2.24, 2.45) is 0 Å². The number of nitrogens with one attached hydrogen (secondary N) is 1.